The zero-order valence-electron chi connectivity index (χ0n) is 14.9. The Morgan fingerprint density at radius 3 is 2.64 bits per heavy atom. The second kappa shape index (κ2) is 7.12. The van der Waals surface area contributed by atoms with Crippen molar-refractivity contribution < 1.29 is 14.3 Å². The summed E-state index contributed by atoms with van der Waals surface area (Å²) in [5.41, 5.74) is 0.480. The fourth-order valence-corrected chi connectivity index (χ4v) is 3.94. The molecule has 3 heterocycles. The van der Waals surface area contributed by atoms with Crippen LogP contribution in [0, 0.1) is 5.92 Å². The molecular formula is C18H24ClN3O3. The molecule has 7 heteroatoms. The molecule has 1 aromatic carbocycles. The Labute approximate surface area is 153 Å². The number of carbonyl (C=O) groups is 2. The summed E-state index contributed by atoms with van der Waals surface area (Å²) in [6.07, 6.45) is 1.95. The summed E-state index contributed by atoms with van der Waals surface area (Å²) in [5.74, 6) is 0.751. The van der Waals surface area contributed by atoms with Crippen molar-refractivity contribution >= 4 is 23.5 Å². The van der Waals surface area contributed by atoms with Gasteiger partial charge in [-0.05, 0) is 37.0 Å². The topological polar surface area (TPSA) is 53.1 Å². The molecule has 0 radical (unpaired) electrons. The van der Waals surface area contributed by atoms with Gasteiger partial charge in [0.2, 0.25) is 0 Å². The molecule has 0 spiro atoms. The van der Waals surface area contributed by atoms with E-state index in [0.717, 1.165) is 12.8 Å². The van der Waals surface area contributed by atoms with Crippen LogP contribution in [0.1, 0.15) is 23.2 Å². The summed E-state index contributed by atoms with van der Waals surface area (Å²) in [6.45, 7) is 1.93. The van der Waals surface area contributed by atoms with Crippen LogP contribution in [0.4, 0.5) is 4.79 Å². The number of halogens is 1. The van der Waals surface area contributed by atoms with Gasteiger partial charge in [0.05, 0.1) is 12.7 Å². The number of rotatable bonds is 2. The normalized spacial score (nSPS) is 22.6. The zero-order chi connectivity index (χ0) is 18.1. The van der Waals surface area contributed by atoms with Crippen molar-refractivity contribution in [3.05, 3.63) is 28.8 Å². The third kappa shape index (κ3) is 3.54. The van der Waals surface area contributed by atoms with Gasteiger partial charge in [-0.25, -0.2) is 4.79 Å². The molecule has 4 rings (SSSR count). The molecule has 0 unspecified atom stereocenters. The van der Waals surface area contributed by atoms with E-state index in [4.69, 9.17) is 16.3 Å². The maximum Gasteiger partial charge on any atom is 0.319 e. The van der Waals surface area contributed by atoms with Gasteiger partial charge in [0.25, 0.3) is 5.91 Å². The van der Waals surface area contributed by atoms with Crippen LogP contribution in [0.25, 0.3) is 0 Å². The van der Waals surface area contributed by atoms with E-state index >= 15 is 0 Å². The lowest BCUT2D eigenvalue weighted by molar-refractivity contribution is 0.0582. The predicted octanol–water partition coefficient (Wildman–Crippen LogP) is 2.57. The number of benzene rings is 1. The molecule has 136 valence electrons. The number of piperidine rings is 1. The molecule has 2 atom stereocenters. The summed E-state index contributed by atoms with van der Waals surface area (Å²) < 4.78 is 5.34. The maximum atomic E-state index is 13.2. The van der Waals surface area contributed by atoms with Crippen LogP contribution in [0.3, 0.4) is 0 Å². The average molecular weight is 366 g/mol. The molecular weight excluding hydrogens is 342 g/mol. The van der Waals surface area contributed by atoms with Crippen LogP contribution in [0.5, 0.6) is 5.75 Å². The van der Waals surface area contributed by atoms with E-state index in [1.54, 1.807) is 44.3 Å². The molecule has 0 N–H and O–H groups in total. The Balaban J connectivity index is 1.85. The monoisotopic (exact) mass is 365 g/mol. The van der Waals surface area contributed by atoms with Crippen LogP contribution >= 0.6 is 11.6 Å². The summed E-state index contributed by atoms with van der Waals surface area (Å²) in [4.78, 5) is 30.9. The fraction of sp³-hybridized carbons (Fsp3) is 0.556. The molecule has 3 aliphatic rings. The molecule has 25 heavy (non-hydrogen) atoms. The molecule has 6 nitrogen and oxygen atoms in total. The number of fused-ring (bicyclic) bond motifs is 4. The van der Waals surface area contributed by atoms with Gasteiger partial charge in [0, 0.05) is 44.8 Å². The minimum absolute atomic E-state index is 0.00605. The summed E-state index contributed by atoms with van der Waals surface area (Å²) >= 11 is 6.08. The number of amides is 3. The number of urea groups is 1. The number of nitrogens with zero attached hydrogens (tertiary/aromatic N) is 3. The van der Waals surface area contributed by atoms with Crippen LogP contribution in [0.15, 0.2) is 18.2 Å². The Kier molecular flexibility index (Phi) is 5.08. The highest BCUT2D eigenvalue weighted by Crippen LogP contribution is 2.32. The number of carbonyl (C=O) groups excluding carboxylic acids is 2. The molecule has 3 aliphatic heterocycles. The Morgan fingerprint density at radius 2 is 1.96 bits per heavy atom. The van der Waals surface area contributed by atoms with E-state index in [0.29, 0.717) is 41.9 Å². The number of hydrogen-bond donors (Lipinski definition) is 0. The molecule has 3 saturated heterocycles. The van der Waals surface area contributed by atoms with E-state index in [1.165, 1.54) is 0 Å². The molecule has 2 bridgehead atoms. The van der Waals surface area contributed by atoms with Crippen molar-refractivity contribution in [1.82, 2.24) is 14.7 Å². The standard InChI is InChI=1S/C18H24ClN3O3/c1-20(2)18(24)21-9-12-4-6-14(11-21)22(10-12)17(23)15-8-13(19)5-7-16(15)25-3/h5,7-8,12,14H,4,6,9-11H2,1-3H3/t12-,14+/m1/s1. The Morgan fingerprint density at radius 1 is 1.20 bits per heavy atom. The van der Waals surface area contributed by atoms with Crippen molar-refractivity contribution in [3.8, 4) is 5.75 Å². The van der Waals surface area contributed by atoms with Gasteiger partial charge in [0.1, 0.15) is 5.75 Å². The first-order chi connectivity index (χ1) is 11.9. The average Bonchev–Trinajstić information content (AvgIpc) is 2.92. The minimum atomic E-state index is -0.0757. The SMILES string of the molecule is COc1ccc(Cl)cc1C(=O)N1C[C@@H]2CC[C@H]1CN(C(=O)N(C)C)C2. The highest BCUT2D eigenvalue weighted by atomic mass is 35.5. The lowest BCUT2D eigenvalue weighted by atomic mass is 9.94. The fourth-order valence-electron chi connectivity index (χ4n) is 3.77. The van der Waals surface area contributed by atoms with Gasteiger partial charge in [-0.15, -0.1) is 0 Å². The molecule has 3 fully saturated rings. The lowest BCUT2D eigenvalue weighted by Gasteiger charge is -2.36. The number of ether oxygens (including phenoxy) is 1. The van der Waals surface area contributed by atoms with Crippen molar-refractivity contribution in [2.24, 2.45) is 5.92 Å². The molecule has 0 saturated carbocycles. The van der Waals surface area contributed by atoms with E-state index in [9.17, 15) is 9.59 Å². The second-order valence-corrected chi connectivity index (χ2v) is 7.42. The lowest BCUT2D eigenvalue weighted by Crippen LogP contribution is -2.48. The van der Waals surface area contributed by atoms with Gasteiger partial charge in [-0.3, -0.25) is 4.79 Å². The first-order valence-corrected chi connectivity index (χ1v) is 8.89. The van der Waals surface area contributed by atoms with Crippen LogP contribution in [-0.2, 0) is 0 Å². The molecule has 0 aromatic heterocycles. The van der Waals surface area contributed by atoms with Crippen molar-refractivity contribution in [2.75, 3.05) is 40.8 Å². The van der Waals surface area contributed by atoms with Crippen molar-refractivity contribution in [3.63, 3.8) is 0 Å². The third-order valence-corrected chi connectivity index (χ3v) is 5.25. The van der Waals surface area contributed by atoms with Crippen LogP contribution in [0.2, 0.25) is 5.02 Å². The molecule has 3 amide bonds. The minimum Gasteiger partial charge on any atom is -0.496 e. The summed E-state index contributed by atoms with van der Waals surface area (Å²) in [6, 6.07) is 5.12. The quantitative estimate of drug-likeness (QED) is 0.809. The summed E-state index contributed by atoms with van der Waals surface area (Å²) in [5, 5.41) is 0.508. The first-order valence-electron chi connectivity index (χ1n) is 8.51. The van der Waals surface area contributed by atoms with Crippen molar-refractivity contribution in [1.29, 1.82) is 0 Å². The molecule has 1 aromatic rings. The largest absolute Gasteiger partial charge is 0.496 e. The summed E-state index contributed by atoms with van der Waals surface area (Å²) in [7, 11) is 5.07. The van der Waals surface area contributed by atoms with E-state index < -0.39 is 0 Å². The van der Waals surface area contributed by atoms with Crippen molar-refractivity contribution in [2.45, 2.75) is 18.9 Å². The van der Waals surface area contributed by atoms with E-state index in [1.807, 2.05) is 9.80 Å². The van der Waals surface area contributed by atoms with Crippen LogP contribution < -0.4 is 4.74 Å². The number of hydrogen-bond acceptors (Lipinski definition) is 3. The Hall–Kier alpha value is -1.95. The van der Waals surface area contributed by atoms with E-state index in [2.05, 4.69) is 0 Å². The zero-order valence-corrected chi connectivity index (χ0v) is 15.6. The Bertz CT molecular complexity index is 680. The maximum absolute atomic E-state index is 13.2. The van der Waals surface area contributed by atoms with Gasteiger partial charge in [-0.1, -0.05) is 11.6 Å². The van der Waals surface area contributed by atoms with E-state index in [-0.39, 0.29) is 18.0 Å². The smallest absolute Gasteiger partial charge is 0.319 e. The van der Waals surface area contributed by atoms with Crippen LogP contribution in [-0.4, -0.2) is 73.5 Å². The highest BCUT2D eigenvalue weighted by Gasteiger charge is 2.39. The highest BCUT2D eigenvalue weighted by molar-refractivity contribution is 6.31. The van der Waals surface area contributed by atoms with Gasteiger partial charge >= 0.3 is 6.03 Å². The van der Waals surface area contributed by atoms with Gasteiger partial charge < -0.3 is 19.4 Å². The first kappa shape index (κ1) is 17.9. The predicted molar refractivity (Wildman–Crippen MR) is 96.2 cm³/mol. The van der Waals surface area contributed by atoms with Gasteiger partial charge in [-0.2, -0.15) is 0 Å². The second-order valence-electron chi connectivity index (χ2n) is 6.98. The van der Waals surface area contributed by atoms with Gasteiger partial charge in [0.15, 0.2) is 0 Å². The molecule has 0 aliphatic carbocycles. The third-order valence-electron chi connectivity index (χ3n) is 5.02. The number of methoxy groups -OCH3 is 1.